The number of rotatable bonds is 7. The molecule has 0 aliphatic heterocycles. The van der Waals surface area contributed by atoms with Gasteiger partial charge in [-0.1, -0.05) is 66.7 Å². The minimum atomic E-state index is -4.53. The lowest BCUT2D eigenvalue weighted by atomic mass is 9.98. The molecule has 1 N–H and O–H groups in total. The Labute approximate surface area is 220 Å². The number of hydrogen-bond donors (Lipinski definition) is 1. The van der Waals surface area contributed by atoms with Crippen molar-refractivity contribution in [3.63, 3.8) is 0 Å². The number of hydrogen-bond acceptors (Lipinski definition) is 4. The molecule has 1 unspecified atom stereocenters. The first-order chi connectivity index (χ1) is 17.9. The molecule has 0 fully saturated rings. The average Bonchev–Trinajstić information content (AvgIpc) is 3.17. The van der Waals surface area contributed by atoms with Gasteiger partial charge in [0, 0.05) is 5.92 Å². The van der Waals surface area contributed by atoms with Gasteiger partial charge in [-0.3, -0.25) is 0 Å². The third-order valence-electron chi connectivity index (χ3n) is 6.35. The fraction of sp³-hybridized carbons (Fsp3) is 0.333. The van der Waals surface area contributed by atoms with E-state index in [4.69, 9.17) is 9.47 Å². The molecule has 1 atom stereocenters. The highest BCUT2D eigenvalue weighted by Crippen LogP contribution is 2.44. The number of carbonyl (C=O) groups excluding carboxylic acids is 2. The van der Waals surface area contributed by atoms with Crippen LogP contribution < -0.4 is 5.32 Å². The summed E-state index contributed by atoms with van der Waals surface area (Å²) in [5.74, 6) is -0.915. The number of fused-ring (bicyclic) bond motifs is 3. The number of alkyl halides is 3. The van der Waals surface area contributed by atoms with Crippen molar-refractivity contribution < 1.29 is 32.2 Å². The van der Waals surface area contributed by atoms with Crippen LogP contribution in [-0.4, -0.2) is 30.3 Å². The molecule has 1 amide bonds. The van der Waals surface area contributed by atoms with Crippen molar-refractivity contribution in [2.75, 3.05) is 6.61 Å². The van der Waals surface area contributed by atoms with Gasteiger partial charge in [0.05, 0.1) is 5.56 Å². The molecule has 0 spiro atoms. The first-order valence-electron chi connectivity index (χ1n) is 12.4. The first kappa shape index (κ1) is 27.2. The summed E-state index contributed by atoms with van der Waals surface area (Å²) in [5, 5.41) is 2.52. The molecule has 0 saturated heterocycles. The van der Waals surface area contributed by atoms with Gasteiger partial charge in [-0.15, -0.1) is 0 Å². The molecule has 8 heteroatoms. The van der Waals surface area contributed by atoms with Crippen LogP contribution in [0, 0.1) is 0 Å². The van der Waals surface area contributed by atoms with Gasteiger partial charge in [-0.25, -0.2) is 9.59 Å². The van der Waals surface area contributed by atoms with Gasteiger partial charge < -0.3 is 14.8 Å². The van der Waals surface area contributed by atoms with E-state index in [0.29, 0.717) is 0 Å². The molecule has 0 aromatic heterocycles. The Kier molecular flexibility index (Phi) is 7.81. The second-order valence-corrected chi connectivity index (χ2v) is 10.2. The maximum absolute atomic E-state index is 13.4. The molecule has 0 saturated carbocycles. The van der Waals surface area contributed by atoms with Crippen LogP contribution in [0.25, 0.3) is 11.1 Å². The van der Waals surface area contributed by atoms with Crippen molar-refractivity contribution in [1.82, 2.24) is 5.32 Å². The Balaban J connectivity index is 1.46. The van der Waals surface area contributed by atoms with Gasteiger partial charge in [-0.2, -0.15) is 13.2 Å². The zero-order valence-electron chi connectivity index (χ0n) is 21.5. The Bertz CT molecular complexity index is 1270. The van der Waals surface area contributed by atoms with Gasteiger partial charge in [0.15, 0.2) is 0 Å². The zero-order chi connectivity index (χ0) is 27.5. The van der Waals surface area contributed by atoms with E-state index < -0.39 is 35.4 Å². The number of amides is 1. The van der Waals surface area contributed by atoms with Crippen LogP contribution in [0.1, 0.15) is 55.4 Å². The third-order valence-corrected chi connectivity index (χ3v) is 6.35. The number of aryl methyl sites for hydroxylation is 1. The molecule has 0 heterocycles. The molecule has 3 aromatic carbocycles. The number of nitrogens with one attached hydrogen (secondary N) is 1. The zero-order valence-corrected chi connectivity index (χ0v) is 21.5. The van der Waals surface area contributed by atoms with E-state index in [2.05, 4.69) is 5.32 Å². The van der Waals surface area contributed by atoms with Crippen LogP contribution >= 0.6 is 0 Å². The smallest absolute Gasteiger partial charge is 0.416 e. The molecular weight excluding hydrogens is 495 g/mol. The van der Waals surface area contributed by atoms with E-state index in [-0.39, 0.29) is 30.9 Å². The summed E-state index contributed by atoms with van der Waals surface area (Å²) in [5.41, 5.74) is 2.64. The second kappa shape index (κ2) is 10.9. The number of benzene rings is 3. The van der Waals surface area contributed by atoms with E-state index in [9.17, 15) is 22.8 Å². The van der Waals surface area contributed by atoms with E-state index in [1.807, 2.05) is 48.5 Å². The summed E-state index contributed by atoms with van der Waals surface area (Å²) in [6.45, 7) is 5.06. The van der Waals surface area contributed by atoms with Crippen molar-refractivity contribution >= 4 is 12.1 Å². The lowest BCUT2D eigenvalue weighted by molar-refractivity contribution is -0.157. The second-order valence-electron chi connectivity index (χ2n) is 10.2. The predicted octanol–water partition coefficient (Wildman–Crippen LogP) is 6.89. The van der Waals surface area contributed by atoms with Crippen molar-refractivity contribution in [3.8, 4) is 11.1 Å². The van der Waals surface area contributed by atoms with E-state index in [0.717, 1.165) is 28.3 Å². The lowest BCUT2D eigenvalue weighted by Gasteiger charge is -2.25. The number of halogens is 3. The highest BCUT2D eigenvalue weighted by molar-refractivity contribution is 5.82. The molecule has 0 bridgehead atoms. The Hall–Kier alpha value is -3.81. The average molecular weight is 526 g/mol. The number of ether oxygens (including phenoxy) is 2. The van der Waals surface area contributed by atoms with Crippen LogP contribution in [0.4, 0.5) is 18.0 Å². The highest BCUT2D eigenvalue weighted by Gasteiger charge is 2.34. The van der Waals surface area contributed by atoms with Crippen LogP contribution in [0.5, 0.6) is 0 Å². The van der Waals surface area contributed by atoms with Gasteiger partial charge in [-0.05, 0) is 67.5 Å². The first-order valence-corrected chi connectivity index (χ1v) is 12.4. The number of esters is 1. The molecule has 1 aliphatic carbocycles. The van der Waals surface area contributed by atoms with Crippen molar-refractivity contribution in [2.24, 2.45) is 0 Å². The normalized spacial score (nSPS) is 13.8. The van der Waals surface area contributed by atoms with Crippen molar-refractivity contribution in [2.45, 2.75) is 57.3 Å². The maximum atomic E-state index is 13.4. The summed E-state index contributed by atoms with van der Waals surface area (Å²) in [4.78, 5) is 25.7. The van der Waals surface area contributed by atoms with Gasteiger partial charge in [0.1, 0.15) is 18.2 Å². The number of alkyl carbamates (subject to hydrolysis) is 1. The summed E-state index contributed by atoms with van der Waals surface area (Å²) in [6, 6.07) is 19.8. The van der Waals surface area contributed by atoms with Crippen LogP contribution in [-0.2, 0) is 26.9 Å². The maximum Gasteiger partial charge on any atom is 0.416 e. The standard InChI is InChI=1S/C30H30F3NO4/c1-29(2,3)38-27(35)26(17-16-19-10-4-9-15-25(19)30(31,32)33)34-28(36)37-18-24-22-13-7-5-11-20(22)21-12-6-8-14-23(21)24/h4-15,24,26H,16-18H2,1-3H3,(H,34,36). The molecule has 1 aliphatic rings. The monoisotopic (exact) mass is 525 g/mol. The summed E-state index contributed by atoms with van der Waals surface area (Å²) < 4.78 is 51.3. The predicted molar refractivity (Wildman–Crippen MR) is 138 cm³/mol. The molecule has 38 heavy (non-hydrogen) atoms. The topological polar surface area (TPSA) is 64.6 Å². The van der Waals surface area contributed by atoms with Gasteiger partial charge in [0.25, 0.3) is 0 Å². The molecular formula is C30H30F3NO4. The van der Waals surface area contributed by atoms with Crippen LogP contribution in [0.2, 0.25) is 0 Å². The van der Waals surface area contributed by atoms with E-state index in [1.54, 1.807) is 20.8 Å². The molecule has 200 valence electrons. The molecule has 4 rings (SSSR count). The van der Waals surface area contributed by atoms with Crippen molar-refractivity contribution in [3.05, 3.63) is 95.1 Å². The third kappa shape index (κ3) is 6.36. The Morgan fingerprint density at radius 3 is 2.00 bits per heavy atom. The Morgan fingerprint density at radius 2 is 1.42 bits per heavy atom. The lowest BCUT2D eigenvalue weighted by Crippen LogP contribution is -2.45. The SMILES string of the molecule is CC(C)(C)OC(=O)C(CCc1ccccc1C(F)(F)F)NC(=O)OCC1c2ccccc2-c2ccccc21. The summed E-state index contributed by atoms with van der Waals surface area (Å²) in [7, 11) is 0. The van der Waals surface area contributed by atoms with E-state index in [1.165, 1.54) is 18.2 Å². The molecule has 0 radical (unpaired) electrons. The van der Waals surface area contributed by atoms with Gasteiger partial charge in [0.2, 0.25) is 0 Å². The minimum Gasteiger partial charge on any atom is -0.458 e. The summed E-state index contributed by atoms with van der Waals surface area (Å²) >= 11 is 0. The van der Waals surface area contributed by atoms with Crippen molar-refractivity contribution in [1.29, 1.82) is 0 Å². The fourth-order valence-electron chi connectivity index (χ4n) is 4.72. The highest BCUT2D eigenvalue weighted by atomic mass is 19.4. The molecule has 5 nitrogen and oxygen atoms in total. The minimum absolute atomic E-state index is 0.0305. The largest absolute Gasteiger partial charge is 0.458 e. The van der Waals surface area contributed by atoms with Crippen LogP contribution in [0.15, 0.2) is 72.8 Å². The molecule has 3 aromatic rings. The van der Waals surface area contributed by atoms with Gasteiger partial charge >= 0.3 is 18.2 Å². The Morgan fingerprint density at radius 1 is 0.868 bits per heavy atom. The fourth-order valence-corrected chi connectivity index (χ4v) is 4.72. The number of carbonyl (C=O) groups is 2. The van der Waals surface area contributed by atoms with E-state index >= 15 is 0 Å². The van der Waals surface area contributed by atoms with Crippen LogP contribution in [0.3, 0.4) is 0 Å². The quantitative estimate of drug-likeness (QED) is 0.341. The summed E-state index contributed by atoms with van der Waals surface area (Å²) in [6.07, 6.45) is -5.56.